The molecule has 0 radical (unpaired) electrons. The van der Waals surface area contributed by atoms with Crippen molar-refractivity contribution in [3.63, 3.8) is 0 Å². The fraction of sp³-hybridized carbons (Fsp3) is 0.583. The van der Waals surface area contributed by atoms with Gasteiger partial charge in [0.2, 0.25) is 0 Å². The quantitative estimate of drug-likeness (QED) is 0.567. The Morgan fingerprint density at radius 2 is 1.94 bits per heavy atom. The van der Waals surface area contributed by atoms with Crippen molar-refractivity contribution in [1.82, 2.24) is 0 Å². The first-order valence-electron chi connectivity index (χ1n) is 5.51. The molecule has 1 saturated carbocycles. The van der Waals surface area contributed by atoms with Crippen molar-refractivity contribution in [3.05, 3.63) is 11.8 Å². The Kier molecular flexibility index (Phi) is 3.70. The molecule has 1 rings (SSSR count). The maximum absolute atomic E-state index is 11.3. The molecule has 0 aliphatic heterocycles. The Hall–Kier alpha value is -1.65. The first kappa shape index (κ1) is 13.4. The summed E-state index contributed by atoms with van der Waals surface area (Å²) < 4.78 is 0. The van der Waals surface area contributed by atoms with Gasteiger partial charge in [0.25, 0.3) is 0 Å². The molecular weight excluding hydrogens is 220 g/mol. The zero-order valence-electron chi connectivity index (χ0n) is 10.4. The monoisotopic (exact) mass is 238 g/mol. The highest BCUT2D eigenvalue weighted by Crippen LogP contribution is 2.43. The average molecular weight is 238 g/mol. The number of carbonyl (C=O) groups is 2. The zero-order chi connectivity index (χ0) is 13.2. The van der Waals surface area contributed by atoms with Crippen LogP contribution >= 0.6 is 0 Å². The van der Waals surface area contributed by atoms with Crippen LogP contribution < -0.4 is 5.73 Å². The first-order chi connectivity index (χ1) is 7.80. The van der Waals surface area contributed by atoms with Crippen molar-refractivity contribution >= 4 is 17.5 Å². The standard InChI is InChI=1S/C12H18N2O3/c1-7(10(6-13)11(16)17)14-9-4-12(3,5-9)8(2)15/h6,9H,4-5,13H2,1-3H3,(H,16,17). The number of carboxylic acids is 1. The molecule has 1 aliphatic rings. The Morgan fingerprint density at radius 3 is 2.29 bits per heavy atom. The highest BCUT2D eigenvalue weighted by molar-refractivity contribution is 6.18. The number of aliphatic carboxylic acids is 1. The van der Waals surface area contributed by atoms with Crippen molar-refractivity contribution in [1.29, 1.82) is 0 Å². The van der Waals surface area contributed by atoms with Crippen LogP contribution in [0.1, 0.15) is 33.6 Å². The maximum atomic E-state index is 11.3. The van der Waals surface area contributed by atoms with Gasteiger partial charge in [-0.25, -0.2) is 4.79 Å². The molecule has 0 aromatic rings. The summed E-state index contributed by atoms with van der Waals surface area (Å²) in [6.45, 7) is 5.11. The van der Waals surface area contributed by atoms with Gasteiger partial charge in [0.05, 0.1) is 11.6 Å². The molecule has 0 spiro atoms. The number of nitrogens with zero attached hydrogens (tertiary/aromatic N) is 1. The number of hydrogen-bond acceptors (Lipinski definition) is 4. The lowest BCUT2D eigenvalue weighted by molar-refractivity contribution is -0.132. The largest absolute Gasteiger partial charge is 0.478 e. The molecule has 0 amide bonds. The summed E-state index contributed by atoms with van der Waals surface area (Å²) in [5, 5.41) is 8.85. The Labute approximate surface area is 100 Å². The van der Waals surface area contributed by atoms with Gasteiger partial charge in [0.1, 0.15) is 5.78 Å². The van der Waals surface area contributed by atoms with E-state index in [1.807, 2.05) is 6.92 Å². The van der Waals surface area contributed by atoms with Gasteiger partial charge >= 0.3 is 5.97 Å². The summed E-state index contributed by atoms with van der Waals surface area (Å²) in [5.74, 6) is -0.920. The number of carboxylic acid groups (broad SMARTS) is 1. The van der Waals surface area contributed by atoms with Crippen LogP contribution in [0.25, 0.3) is 0 Å². The van der Waals surface area contributed by atoms with Crippen LogP contribution in [0.2, 0.25) is 0 Å². The fourth-order valence-electron chi connectivity index (χ4n) is 2.05. The molecule has 3 N–H and O–H groups in total. The number of hydrogen-bond donors (Lipinski definition) is 2. The molecule has 5 heteroatoms. The van der Waals surface area contributed by atoms with E-state index in [9.17, 15) is 9.59 Å². The second-order valence-electron chi connectivity index (χ2n) is 4.78. The molecule has 1 fully saturated rings. The van der Waals surface area contributed by atoms with E-state index in [2.05, 4.69) is 4.99 Å². The number of carbonyl (C=O) groups excluding carboxylic acids is 1. The number of aliphatic imine (C=N–C) groups is 1. The Bertz CT molecular complexity index is 404. The predicted molar refractivity (Wildman–Crippen MR) is 64.8 cm³/mol. The third kappa shape index (κ3) is 2.72. The minimum Gasteiger partial charge on any atom is -0.478 e. The van der Waals surface area contributed by atoms with Crippen molar-refractivity contribution in [3.8, 4) is 0 Å². The third-order valence-corrected chi connectivity index (χ3v) is 3.39. The van der Waals surface area contributed by atoms with Gasteiger partial charge in [-0.3, -0.25) is 9.79 Å². The number of nitrogens with two attached hydrogens (primary N) is 1. The van der Waals surface area contributed by atoms with E-state index in [4.69, 9.17) is 10.8 Å². The summed E-state index contributed by atoms with van der Waals surface area (Å²) in [4.78, 5) is 26.4. The molecule has 0 heterocycles. The van der Waals surface area contributed by atoms with Gasteiger partial charge in [-0.2, -0.15) is 0 Å². The van der Waals surface area contributed by atoms with E-state index in [0.717, 1.165) is 6.20 Å². The SMILES string of the molecule is CC(=O)C1(C)CC(N=C(C)C(=CN)C(=O)O)C1. The highest BCUT2D eigenvalue weighted by atomic mass is 16.4. The summed E-state index contributed by atoms with van der Waals surface area (Å²) in [5.41, 5.74) is 5.37. The molecule has 0 aromatic carbocycles. The lowest BCUT2D eigenvalue weighted by atomic mass is 9.65. The van der Waals surface area contributed by atoms with Crippen LogP contribution in [0.3, 0.4) is 0 Å². The Balaban J connectivity index is 2.69. The number of Topliss-reactive ketones (excluding diaryl/α,β-unsaturated/α-hetero) is 1. The van der Waals surface area contributed by atoms with Gasteiger partial charge in [-0.05, 0) is 26.7 Å². The van der Waals surface area contributed by atoms with Crippen LogP contribution in [0.4, 0.5) is 0 Å². The van der Waals surface area contributed by atoms with Crippen molar-refractivity contribution in [2.75, 3.05) is 0 Å². The van der Waals surface area contributed by atoms with E-state index in [1.165, 1.54) is 0 Å². The average Bonchev–Trinajstić information content (AvgIpc) is 2.14. The summed E-state index contributed by atoms with van der Waals surface area (Å²) in [6.07, 6.45) is 2.40. The minimum atomic E-state index is -1.08. The molecular formula is C12H18N2O3. The molecule has 0 atom stereocenters. The zero-order valence-corrected chi connectivity index (χ0v) is 10.4. The summed E-state index contributed by atoms with van der Waals surface area (Å²) in [7, 11) is 0. The highest BCUT2D eigenvalue weighted by Gasteiger charge is 2.43. The van der Waals surface area contributed by atoms with Crippen molar-refractivity contribution < 1.29 is 14.7 Å². The molecule has 5 nitrogen and oxygen atoms in total. The van der Waals surface area contributed by atoms with Crippen molar-refractivity contribution in [2.45, 2.75) is 39.7 Å². The summed E-state index contributed by atoms with van der Waals surface area (Å²) in [6, 6.07) is 0.0261. The molecule has 0 unspecified atom stereocenters. The normalized spacial score (nSPS) is 29.7. The molecule has 0 saturated heterocycles. The van der Waals surface area contributed by atoms with Gasteiger partial charge < -0.3 is 10.8 Å². The summed E-state index contributed by atoms with van der Waals surface area (Å²) >= 11 is 0. The molecule has 17 heavy (non-hydrogen) atoms. The van der Waals surface area contributed by atoms with Gasteiger partial charge in [0, 0.05) is 17.3 Å². The topological polar surface area (TPSA) is 92.8 Å². The smallest absolute Gasteiger partial charge is 0.339 e. The first-order valence-corrected chi connectivity index (χ1v) is 5.51. The van der Waals surface area contributed by atoms with E-state index in [0.29, 0.717) is 18.6 Å². The lowest BCUT2D eigenvalue weighted by Crippen LogP contribution is -2.43. The van der Waals surface area contributed by atoms with Crippen molar-refractivity contribution in [2.24, 2.45) is 16.1 Å². The van der Waals surface area contributed by atoms with E-state index in [1.54, 1.807) is 13.8 Å². The molecule has 1 aliphatic carbocycles. The van der Waals surface area contributed by atoms with Crippen LogP contribution in [0, 0.1) is 5.41 Å². The second kappa shape index (κ2) is 4.69. The van der Waals surface area contributed by atoms with Gasteiger partial charge in [-0.1, -0.05) is 6.92 Å². The molecule has 0 aromatic heterocycles. The Morgan fingerprint density at radius 1 is 1.41 bits per heavy atom. The van der Waals surface area contributed by atoms with Gasteiger partial charge in [-0.15, -0.1) is 0 Å². The third-order valence-electron chi connectivity index (χ3n) is 3.39. The van der Waals surface area contributed by atoms with E-state index < -0.39 is 5.97 Å². The van der Waals surface area contributed by atoms with E-state index >= 15 is 0 Å². The van der Waals surface area contributed by atoms with Crippen LogP contribution in [0.15, 0.2) is 16.8 Å². The minimum absolute atomic E-state index is 0.0152. The number of ketones is 1. The number of rotatable bonds is 4. The predicted octanol–water partition coefficient (Wildman–Crippen LogP) is 1.13. The van der Waals surface area contributed by atoms with Crippen LogP contribution in [-0.2, 0) is 9.59 Å². The maximum Gasteiger partial charge on any atom is 0.339 e. The van der Waals surface area contributed by atoms with Crippen LogP contribution in [0.5, 0.6) is 0 Å². The second-order valence-corrected chi connectivity index (χ2v) is 4.78. The molecule has 0 bridgehead atoms. The van der Waals surface area contributed by atoms with Crippen LogP contribution in [-0.4, -0.2) is 28.6 Å². The molecule has 94 valence electrons. The van der Waals surface area contributed by atoms with E-state index in [-0.39, 0.29) is 22.8 Å². The lowest BCUT2D eigenvalue weighted by Gasteiger charge is -2.41. The fourth-order valence-corrected chi connectivity index (χ4v) is 2.05. The van der Waals surface area contributed by atoms with Gasteiger partial charge in [0.15, 0.2) is 0 Å².